The first kappa shape index (κ1) is 20.2. The van der Waals surface area contributed by atoms with Crippen LogP contribution >= 0.6 is 0 Å². The number of rotatable bonds is 10. The van der Waals surface area contributed by atoms with Crippen LogP contribution in [0, 0.1) is 0 Å². The number of hydrogen-bond acceptors (Lipinski definition) is 2. The van der Waals surface area contributed by atoms with Gasteiger partial charge in [0.1, 0.15) is 0 Å². The Morgan fingerprint density at radius 3 is 1.77 bits per heavy atom. The molecule has 0 aliphatic rings. The van der Waals surface area contributed by atoms with Gasteiger partial charge in [-0.3, -0.25) is 0 Å². The third-order valence-corrected chi connectivity index (χ3v) is 4.03. The Labute approximate surface area is 158 Å². The monoisotopic (exact) mass is 350 g/mol. The molecule has 0 atom stereocenters. The zero-order chi connectivity index (χ0) is 18.6. The third-order valence-electron chi connectivity index (χ3n) is 4.03. The highest BCUT2D eigenvalue weighted by Crippen LogP contribution is 2.14. The lowest BCUT2D eigenvalue weighted by Crippen LogP contribution is -2.15. The standard InChI is InChI=1S/C24H30O2/c1-20(2)11-10-12-21(3)17-24(25-18-22-13-6-4-7-14-22)26-19-23-15-8-5-9-16-23/h4-9,11,13-17,24H,10,12,18-19H2,1-3H3. The van der Waals surface area contributed by atoms with Gasteiger partial charge >= 0.3 is 0 Å². The van der Waals surface area contributed by atoms with Gasteiger partial charge < -0.3 is 9.47 Å². The van der Waals surface area contributed by atoms with E-state index in [0.717, 1.165) is 24.0 Å². The first-order valence-corrected chi connectivity index (χ1v) is 9.25. The van der Waals surface area contributed by atoms with Gasteiger partial charge in [-0.05, 0) is 50.8 Å². The summed E-state index contributed by atoms with van der Waals surface area (Å²) in [7, 11) is 0. The molecule has 0 N–H and O–H groups in total. The van der Waals surface area contributed by atoms with Crippen molar-refractivity contribution in [3.05, 3.63) is 95.1 Å². The normalized spacial score (nSPS) is 11.6. The van der Waals surface area contributed by atoms with E-state index in [0.29, 0.717) is 13.2 Å². The molecular weight excluding hydrogens is 320 g/mol. The van der Waals surface area contributed by atoms with Crippen LogP contribution in [0.15, 0.2) is 84.0 Å². The predicted octanol–water partition coefficient (Wildman–Crippen LogP) is 6.44. The fraction of sp³-hybridized carbons (Fsp3) is 0.333. The number of allylic oxidation sites excluding steroid dienone is 3. The van der Waals surface area contributed by atoms with Gasteiger partial charge in [0.25, 0.3) is 0 Å². The Morgan fingerprint density at radius 1 is 0.808 bits per heavy atom. The van der Waals surface area contributed by atoms with Gasteiger partial charge in [-0.2, -0.15) is 0 Å². The topological polar surface area (TPSA) is 18.5 Å². The molecule has 0 aromatic heterocycles. The lowest BCUT2D eigenvalue weighted by atomic mass is 10.1. The molecule has 0 amide bonds. The Bertz CT molecular complexity index is 639. The lowest BCUT2D eigenvalue weighted by molar-refractivity contribution is -0.126. The summed E-state index contributed by atoms with van der Waals surface area (Å²) in [4.78, 5) is 0. The molecule has 2 nitrogen and oxygen atoms in total. The molecule has 0 spiro atoms. The van der Waals surface area contributed by atoms with E-state index in [-0.39, 0.29) is 6.29 Å². The van der Waals surface area contributed by atoms with Gasteiger partial charge in [-0.15, -0.1) is 0 Å². The molecule has 2 rings (SSSR count). The maximum absolute atomic E-state index is 6.03. The molecule has 26 heavy (non-hydrogen) atoms. The quantitative estimate of drug-likeness (QED) is 0.363. The van der Waals surface area contributed by atoms with Crippen molar-refractivity contribution in [3.8, 4) is 0 Å². The summed E-state index contributed by atoms with van der Waals surface area (Å²) in [6, 6.07) is 20.4. The van der Waals surface area contributed by atoms with E-state index in [2.05, 4.69) is 57.2 Å². The SMILES string of the molecule is CC(C)=CCCC(C)=CC(OCc1ccccc1)OCc1ccccc1. The van der Waals surface area contributed by atoms with Crippen LogP contribution in [0.5, 0.6) is 0 Å². The maximum Gasteiger partial charge on any atom is 0.177 e. The van der Waals surface area contributed by atoms with Crippen molar-refractivity contribution in [1.29, 1.82) is 0 Å². The summed E-state index contributed by atoms with van der Waals surface area (Å²) < 4.78 is 12.1. The third kappa shape index (κ3) is 8.28. The van der Waals surface area contributed by atoms with Crippen LogP contribution in [0.25, 0.3) is 0 Å². The molecule has 0 heterocycles. The number of ether oxygens (including phenoxy) is 2. The smallest absolute Gasteiger partial charge is 0.177 e. The second-order valence-corrected chi connectivity index (χ2v) is 6.79. The average Bonchev–Trinajstić information content (AvgIpc) is 2.65. The number of hydrogen-bond donors (Lipinski definition) is 0. The van der Waals surface area contributed by atoms with Gasteiger partial charge in [0.05, 0.1) is 13.2 Å². The summed E-state index contributed by atoms with van der Waals surface area (Å²) in [5.41, 5.74) is 4.94. The van der Waals surface area contributed by atoms with Crippen molar-refractivity contribution in [2.45, 2.75) is 53.1 Å². The first-order valence-electron chi connectivity index (χ1n) is 9.25. The van der Waals surface area contributed by atoms with Gasteiger partial charge in [-0.25, -0.2) is 0 Å². The minimum absolute atomic E-state index is 0.345. The van der Waals surface area contributed by atoms with E-state index >= 15 is 0 Å². The molecule has 0 saturated heterocycles. The summed E-state index contributed by atoms with van der Waals surface area (Å²) in [5, 5.41) is 0. The second-order valence-electron chi connectivity index (χ2n) is 6.79. The zero-order valence-corrected chi connectivity index (χ0v) is 16.2. The summed E-state index contributed by atoms with van der Waals surface area (Å²) in [6.07, 6.45) is 6.09. The molecule has 2 aromatic rings. The van der Waals surface area contributed by atoms with Gasteiger partial charge in [0.2, 0.25) is 0 Å². The lowest BCUT2D eigenvalue weighted by Gasteiger charge is -2.17. The molecule has 0 aliphatic heterocycles. The molecule has 2 heteroatoms. The predicted molar refractivity (Wildman–Crippen MR) is 109 cm³/mol. The molecule has 0 unspecified atom stereocenters. The van der Waals surface area contributed by atoms with E-state index in [9.17, 15) is 0 Å². The summed E-state index contributed by atoms with van der Waals surface area (Å²) in [5.74, 6) is 0. The average molecular weight is 351 g/mol. The van der Waals surface area contributed by atoms with Crippen molar-refractivity contribution in [2.24, 2.45) is 0 Å². The van der Waals surface area contributed by atoms with Crippen LogP contribution in [-0.4, -0.2) is 6.29 Å². The van der Waals surface area contributed by atoms with Gasteiger partial charge in [0, 0.05) is 0 Å². The van der Waals surface area contributed by atoms with E-state index in [1.54, 1.807) is 0 Å². The van der Waals surface area contributed by atoms with Gasteiger partial charge in [-0.1, -0.05) is 77.9 Å². The molecule has 138 valence electrons. The molecule has 0 bridgehead atoms. The van der Waals surface area contributed by atoms with E-state index in [1.807, 2.05) is 36.4 Å². The second kappa shape index (κ2) is 11.5. The van der Waals surface area contributed by atoms with Crippen molar-refractivity contribution in [2.75, 3.05) is 0 Å². The summed E-state index contributed by atoms with van der Waals surface area (Å²) in [6.45, 7) is 7.49. The first-order chi connectivity index (χ1) is 12.6. The van der Waals surface area contributed by atoms with Crippen molar-refractivity contribution >= 4 is 0 Å². The highest BCUT2D eigenvalue weighted by molar-refractivity contribution is 5.15. The Balaban J connectivity index is 1.96. The molecular formula is C24H30O2. The summed E-state index contributed by atoms with van der Waals surface area (Å²) >= 11 is 0. The molecule has 0 radical (unpaired) electrons. The molecule has 0 fully saturated rings. The largest absolute Gasteiger partial charge is 0.344 e. The van der Waals surface area contributed by atoms with E-state index in [1.165, 1.54) is 11.1 Å². The molecule has 0 aliphatic carbocycles. The van der Waals surface area contributed by atoms with E-state index in [4.69, 9.17) is 9.47 Å². The maximum atomic E-state index is 6.03. The zero-order valence-electron chi connectivity index (χ0n) is 16.2. The number of benzene rings is 2. The van der Waals surface area contributed by atoms with Crippen molar-refractivity contribution < 1.29 is 9.47 Å². The van der Waals surface area contributed by atoms with Crippen LogP contribution in [0.2, 0.25) is 0 Å². The highest BCUT2D eigenvalue weighted by Gasteiger charge is 2.08. The molecule has 0 saturated carbocycles. The fourth-order valence-corrected chi connectivity index (χ4v) is 2.55. The van der Waals surface area contributed by atoms with Gasteiger partial charge in [0.15, 0.2) is 6.29 Å². The van der Waals surface area contributed by atoms with Crippen molar-refractivity contribution in [1.82, 2.24) is 0 Å². The van der Waals surface area contributed by atoms with Crippen LogP contribution in [-0.2, 0) is 22.7 Å². The Kier molecular flexibility index (Phi) is 8.88. The van der Waals surface area contributed by atoms with Crippen LogP contribution in [0.4, 0.5) is 0 Å². The minimum atomic E-state index is -0.345. The fourth-order valence-electron chi connectivity index (χ4n) is 2.55. The Morgan fingerprint density at radius 2 is 1.31 bits per heavy atom. The van der Waals surface area contributed by atoms with Crippen LogP contribution in [0.1, 0.15) is 44.7 Å². The van der Waals surface area contributed by atoms with Crippen molar-refractivity contribution in [3.63, 3.8) is 0 Å². The van der Waals surface area contributed by atoms with E-state index < -0.39 is 0 Å². The highest BCUT2D eigenvalue weighted by atomic mass is 16.7. The minimum Gasteiger partial charge on any atom is -0.344 e. The van der Waals surface area contributed by atoms with Crippen LogP contribution < -0.4 is 0 Å². The Hall–Kier alpha value is -2.16. The molecule has 2 aromatic carbocycles. The van der Waals surface area contributed by atoms with Crippen LogP contribution in [0.3, 0.4) is 0 Å².